The van der Waals surface area contributed by atoms with Gasteiger partial charge in [0.2, 0.25) is 15.7 Å². The third-order valence-corrected chi connectivity index (χ3v) is 5.03. The van der Waals surface area contributed by atoms with Gasteiger partial charge in [-0.05, 0) is 37.8 Å². The Labute approximate surface area is 121 Å². The zero-order valence-corrected chi connectivity index (χ0v) is 12.2. The van der Waals surface area contributed by atoms with Crippen LogP contribution in [0.15, 0.2) is 29.2 Å². The first-order valence-electron chi connectivity index (χ1n) is 6.38. The van der Waals surface area contributed by atoms with Crippen molar-refractivity contribution in [1.82, 2.24) is 0 Å². The molecule has 1 aromatic rings. The Balaban J connectivity index is 2.31. The summed E-state index contributed by atoms with van der Waals surface area (Å²) in [5, 5.41) is 2.36. The van der Waals surface area contributed by atoms with Gasteiger partial charge in [0.25, 0.3) is 0 Å². The van der Waals surface area contributed by atoms with Gasteiger partial charge in [-0.2, -0.15) is 8.78 Å². The number of benzene rings is 1. The SMILES string of the molecule is CC(N)(C(=O)Nc1ccccc1S(=O)(=O)C(F)F)C1CC1. The Morgan fingerprint density at radius 3 is 2.48 bits per heavy atom. The number of hydrogen-bond donors (Lipinski definition) is 2. The summed E-state index contributed by atoms with van der Waals surface area (Å²) in [7, 11) is -4.79. The van der Waals surface area contributed by atoms with E-state index in [-0.39, 0.29) is 11.6 Å². The Kier molecular flexibility index (Phi) is 4.03. The second kappa shape index (κ2) is 5.34. The van der Waals surface area contributed by atoms with Crippen LogP contribution in [0.5, 0.6) is 0 Å². The standard InChI is InChI=1S/C13H16F2N2O3S/c1-13(16,8-6-7-8)11(18)17-9-4-2-3-5-10(9)21(19,20)12(14)15/h2-5,8,12H,6-7,16H2,1H3,(H,17,18). The number of amides is 1. The second-order valence-electron chi connectivity index (χ2n) is 5.31. The van der Waals surface area contributed by atoms with Gasteiger partial charge in [-0.1, -0.05) is 12.1 Å². The average molecular weight is 318 g/mol. The molecule has 1 amide bonds. The summed E-state index contributed by atoms with van der Waals surface area (Å²) in [6.07, 6.45) is 1.63. The number of sulfone groups is 1. The monoisotopic (exact) mass is 318 g/mol. The van der Waals surface area contributed by atoms with Crippen LogP contribution in [0.2, 0.25) is 0 Å². The Morgan fingerprint density at radius 2 is 1.95 bits per heavy atom. The third kappa shape index (κ3) is 3.06. The molecule has 0 spiro atoms. The van der Waals surface area contributed by atoms with Gasteiger partial charge < -0.3 is 11.1 Å². The molecule has 1 unspecified atom stereocenters. The summed E-state index contributed by atoms with van der Waals surface area (Å²) in [6, 6.07) is 5.05. The molecule has 1 aromatic carbocycles. The maximum Gasteiger partial charge on any atom is 0.341 e. The van der Waals surface area contributed by atoms with Crippen molar-refractivity contribution in [2.24, 2.45) is 11.7 Å². The topological polar surface area (TPSA) is 89.3 Å². The Hall–Kier alpha value is -1.54. The first kappa shape index (κ1) is 15.8. The predicted octanol–water partition coefficient (Wildman–Crippen LogP) is 1.75. The van der Waals surface area contributed by atoms with Crippen molar-refractivity contribution >= 4 is 21.4 Å². The fourth-order valence-corrected chi connectivity index (χ4v) is 2.93. The molecular formula is C13H16F2N2O3S. The number of carbonyl (C=O) groups is 1. The van der Waals surface area contributed by atoms with E-state index in [1.165, 1.54) is 18.2 Å². The lowest BCUT2D eigenvalue weighted by molar-refractivity contribution is -0.121. The number of nitrogens with one attached hydrogen (secondary N) is 1. The van der Waals surface area contributed by atoms with Gasteiger partial charge in [0, 0.05) is 0 Å². The predicted molar refractivity (Wildman–Crippen MR) is 73.6 cm³/mol. The van der Waals surface area contributed by atoms with Gasteiger partial charge in [0.1, 0.15) is 0 Å². The minimum absolute atomic E-state index is 0.0244. The van der Waals surface area contributed by atoms with Crippen molar-refractivity contribution in [3.63, 3.8) is 0 Å². The van der Waals surface area contributed by atoms with E-state index in [1.54, 1.807) is 6.92 Å². The van der Waals surface area contributed by atoms with E-state index in [0.717, 1.165) is 18.9 Å². The van der Waals surface area contributed by atoms with Gasteiger partial charge in [-0.15, -0.1) is 0 Å². The zero-order valence-electron chi connectivity index (χ0n) is 11.3. The maximum atomic E-state index is 12.7. The van der Waals surface area contributed by atoms with E-state index >= 15 is 0 Å². The minimum Gasteiger partial charge on any atom is -0.323 e. The molecule has 1 saturated carbocycles. The fourth-order valence-electron chi connectivity index (χ4n) is 2.04. The molecule has 0 aromatic heterocycles. The molecule has 1 fully saturated rings. The van der Waals surface area contributed by atoms with Crippen molar-refractivity contribution in [3.05, 3.63) is 24.3 Å². The van der Waals surface area contributed by atoms with E-state index in [1.807, 2.05) is 0 Å². The quantitative estimate of drug-likeness (QED) is 0.865. The lowest BCUT2D eigenvalue weighted by atomic mass is 9.96. The summed E-state index contributed by atoms with van der Waals surface area (Å²) in [4.78, 5) is 11.5. The van der Waals surface area contributed by atoms with Crippen LogP contribution in [0.3, 0.4) is 0 Å². The van der Waals surface area contributed by atoms with Gasteiger partial charge in [0.15, 0.2) is 0 Å². The van der Waals surface area contributed by atoms with Gasteiger partial charge in [-0.3, -0.25) is 4.79 Å². The van der Waals surface area contributed by atoms with Crippen LogP contribution in [0, 0.1) is 5.92 Å². The van der Waals surface area contributed by atoms with Crippen molar-refractivity contribution in [2.75, 3.05) is 5.32 Å². The number of rotatable bonds is 5. The maximum absolute atomic E-state index is 12.7. The largest absolute Gasteiger partial charge is 0.341 e. The van der Waals surface area contributed by atoms with Crippen LogP contribution in [0.1, 0.15) is 19.8 Å². The number of para-hydroxylation sites is 1. The molecule has 21 heavy (non-hydrogen) atoms. The van der Waals surface area contributed by atoms with E-state index in [9.17, 15) is 22.0 Å². The molecule has 1 atom stereocenters. The van der Waals surface area contributed by atoms with Crippen LogP contribution in [0.4, 0.5) is 14.5 Å². The molecule has 8 heteroatoms. The van der Waals surface area contributed by atoms with Gasteiger partial charge >= 0.3 is 5.76 Å². The first-order valence-corrected chi connectivity index (χ1v) is 7.93. The van der Waals surface area contributed by atoms with Crippen LogP contribution >= 0.6 is 0 Å². The van der Waals surface area contributed by atoms with Crippen LogP contribution in [0.25, 0.3) is 0 Å². The highest BCUT2D eigenvalue weighted by Crippen LogP contribution is 2.39. The molecule has 3 N–H and O–H groups in total. The number of halogens is 2. The third-order valence-electron chi connectivity index (χ3n) is 3.59. The molecule has 116 valence electrons. The minimum atomic E-state index is -4.79. The van der Waals surface area contributed by atoms with Crippen LogP contribution < -0.4 is 11.1 Å². The number of hydrogen-bond acceptors (Lipinski definition) is 4. The fraction of sp³-hybridized carbons (Fsp3) is 0.462. The summed E-state index contributed by atoms with van der Waals surface area (Å²) in [6.45, 7) is 1.55. The van der Waals surface area contributed by atoms with Gasteiger partial charge in [0.05, 0.1) is 16.1 Å². The summed E-state index contributed by atoms with van der Waals surface area (Å²) in [5.41, 5.74) is 4.59. The van der Waals surface area contributed by atoms with E-state index < -0.39 is 31.9 Å². The van der Waals surface area contributed by atoms with Crippen molar-refractivity contribution < 1.29 is 22.0 Å². The molecule has 0 aliphatic heterocycles. The Bertz CT molecular complexity index is 655. The molecule has 0 radical (unpaired) electrons. The van der Waals surface area contributed by atoms with E-state index in [0.29, 0.717) is 0 Å². The Morgan fingerprint density at radius 1 is 1.38 bits per heavy atom. The number of anilines is 1. The van der Waals surface area contributed by atoms with Crippen molar-refractivity contribution in [1.29, 1.82) is 0 Å². The van der Waals surface area contributed by atoms with E-state index in [4.69, 9.17) is 5.73 Å². The smallest absolute Gasteiger partial charge is 0.323 e. The molecule has 0 bridgehead atoms. The van der Waals surface area contributed by atoms with Crippen LogP contribution in [-0.4, -0.2) is 25.6 Å². The lowest BCUT2D eigenvalue weighted by Gasteiger charge is -2.23. The van der Waals surface area contributed by atoms with Gasteiger partial charge in [-0.25, -0.2) is 8.42 Å². The molecule has 1 aliphatic carbocycles. The summed E-state index contributed by atoms with van der Waals surface area (Å²) in [5.74, 6) is -4.11. The number of nitrogens with two attached hydrogens (primary N) is 1. The molecular weight excluding hydrogens is 302 g/mol. The lowest BCUT2D eigenvalue weighted by Crippen LogP contribution is -2.50. The molecule has 2 rings (SSSR count). The summed E-state index contributed by atoms with van der Waals surface area (Å²) >= 11 is 0. The first-order chi connectivity index (χ1) is 9.67. The molecule has 5 nitrogen and oxygen atoms in total. The molecule has 1 aliphatic rings. The number of alkyl halides is 2. The van der Waals surface area contributed by atoms with Crippen molar-refractivity contribution in [3.8, 4) is 0 Å². The van der Waals surface area contributed by atoms with E-state index in [2.05, 4.69) is 5.32 Å². The van der Waals surface area contributed by atoms with Crippen LogP contribution in [-0.2, 0) is 14.6 Å². The summed E-state index contributed by atoms with van der Waals surface area (Å²) < 4.78 is 48.5. The average Bonchev–Trinajstić information content (AvgIpc) is 3.23. The molecule has 0 heterocycles. The highest BCUT2D eigenvalue weighted by Gasteiger charge is 2.44. The highest BCUT2D eigenvalue weighted by molar-refractivity contribution is 7.91. The number of carbonyl (C=O) groups excluding carboxylic acids is 1. The highest BCUT2D eigenvalue weighted by atomic mass is 32.2. The molecule has 0 saturated heterocycles. The normalized spacial score (nSPS) is 18.3. The second-order valence-corrected chi connectivity index (χ2v) is 7.20. The van der Waals surface area contributed by atoms with Crippen molar-refractivity contribution in [2.45, 2.75) is 36.0 Å². The zero-order chi connectivity index (χ0) is 15.8.